The summed E-state index contributed by atoms with van der Waals surface area (Å²) < 4.78 is 5.76. The maximum atomic E-state index is 5.76. The summed E-state index contributed by atoms with van der Waals surface area (Å²) in [5.41, 5.74) is 0. The Morgan fingerprint density at radius 2 is 2.00 bits per heavy atom. The SMILES string of the molecule is CC.CN1CCC(Oc2ccncc2)C1. The van der Waals surface area contributed by atoms with Crippen LogP contribution in [0.5, 0.6) is 5.75 Å². The molecule has 1 saturated heterocycles. The Hall–Kier alpha value is -1.09. The van der Waals surface area contributed by atoms with Gasteiger partial charge in [0.1, 0.15) is 11.9 Å². The molecule has 0 aromatic carbocycles. The highest BCUT2D eigenvalue weighted by atomic mass is 16.5. The predicted molar refractivity (Wildman–Crippen MR) is 62.1 cm³/mol. The van der Waals surface area contributed by atoms with Crippen LogP contribution in [0, 0.1) is 0 Å². The number of rotatable bonds is 2. The molecule has 3 nitrogen and oxygen atoms in total. The number of ether oxygens (including phenoxy) is 1. The molecule has 84 valence electrons. The minimum atomic E-state index is 0.354. The minimum Gasteiger partial charge on any atom is -0.489 e. The molecule has 1 aromatic rings. The van der Waals surface area contributed by atoms with E-state index < -0.39 is 0 Å². The van der Waals surface area contributed by atoms with Gasteiger partial charge in [-0.25, -0.2) is 0 Å². The second kappa shape index (κ2) is 6.40. The zero-order valence-corrected chi connectivity index (χ0v) is 9.81. The lowest BCUT2D eigenvalue weighted by Gasteiger charge is -2.12. The average molecular weight is 208 g/mol. The monoisotopic (exact) mass is 208 g/mol. The van der Waals surface area contributed by atoms with E-state index in [4.69, 9.17) is 4.74 Å². The Morgan fingerprint density at radius 1 is 1.33 bits per heavy atom. The largest absolute Gasteiger partial charge is 0.489 e. The van der Waals surface area contributed by atoms with Gasteiger partial charge in [-0.15, -0.1) is 0 Å². The first-order valence-electron chi connectivity index (χ1n) is 5.60. The highest BCUT2D eigenvalue weighted by Crippen LogP contribution is 2.15. The number of aromatic nitrogens is 1. The second-order valence-electron chi connectivity index (χ2n) is 3.47. The highest BCUT2D eigenvalue weighted by Gasteiger charge is 2.20. The van der Waals surface area contributed by atoms with E-state index in [1.54, 1.807) is 12.4 Å². The molecule has 1 aliphatic heterocycles. The van der Waals surface area contributed by atoms with Crippen LogP contribution in [0.15, 0.2) is 24.5 Å². The summed E-state index contributed by atoms with van der Waals surface area (Å²) in [6.45, 7) is 6.16. The van der Waals surface area contributed by atoms with Crippen molar-refractivity contribution in [2.45, 2.75) is 26.4 Å². The van der Waals surface area contributed by atoms with Crippen molar-refractivity contribution < 1.29 is 4.74 Å². The third-order valence-corrected chi connectivity index (χ3v) is 2.30. The van der Waals surface area contributed by atoms with Gasteiger partial charge in [0.2, 0.25) is 0 Å². The molecule has 1 unspecified atom stereocenters. The van der Waals surface area contributed by atoms with Crippen LogP contribution >= 0.6 is 0 Å². The Bertz CT molecular complexity index is 264. The number of hydrogen-bond acceptors (Lipinski definition) is 3. The van der Waals surface area contributed by atoms with E-state index >= 15 is 0 Å². The van der Waals surface area contributed by atoms with Gasteiger partial charge in [0.25, 0.3) is 0 Å². The van der Waals surface area contributed by atoms with E-state index in [0.717, 1.165) is 25.3 Å². The number of likely N-dealkylation sites (tertiary alicyclic amines) is 1. The molecule has 0 N–H and O–H groups in total. The highest BCUT2D eigenvalue weighted by molar-refractivity contribution is 5.17. The van der Waals surface area contributed by atoms with Crippen LogP contribution in [0.1, 0.15) is 20.3 Å². The molecule has 15 heavy (non-hydrogen) atoms. The number of pyridine rings is 1. The molecule has 0 amide bonds. The van der Waals surface area contributed by atoms with Crippen LogP contribution in [-0.2, 0) is 0 Å². The summed E-state index contributed by atoms with van der Waals surface area (Å²) in [7, 11) is 2.12. The molecule has 1 fully saturated rings. The van der Waals surface area contributed by atoms with Gasteiger partial charge >= 0.3 is 0 Å². The van der Waals surface area contributed by atoms with Crippen LogP contribution in [0.4, 0.5) is 0 Å². The van der Waals surface area contributed by atoms with E-state index in [-0.39, 0.29) is 0 Å². The number of hydrogen-bond donors (Lipinski definition) is 0. The van der Waals surface area contributed by atoms with Crippen molar-refractivity contribution in [2.75, 3.05) is 20.1 Å². The first-order chi connectivity index (χ1) is 7.34. The molecule has 0 bridgehead atoms. The molecular weight excluding hydrogens is 188 g/mol. The van der Waals surface area contributed by atoms with Crippen molar-refractivity contribution in [3.05, 3.63) is 24.5 Å². The van der Waals surface area contributed by atoms with E-state index in [1.165, 1.54) is 0 Å². The van der Waals surface area contributed by atoms with E-state index in [9.17, 15) is 0 Å². The summed E-state index contributed by atoms with van der Waals surface area (Å²) in [4.78, 5) is 6.23. The van der Waals surface area contributed by atoms with Crippen LogP contribution in [0.3, 0.4) is 0 Å². The Morgan fingerprint density at radius 3 is 2.53 bits per heavy atom. The van der Waals surface area contributed by atoms with Crippen molar-refractivity contribution in [1.29, 1.82) is 0 Å². The smallest absolute Gasteiger partial charge is 0.122 e. The minimum absolute atomic E-state index is 0.354. The Labute approximate surface area is 92.1 Å². The van der Waals surface area contributed by atoms with Gasteiger partial charge in [0.15, 0.2) is 0 Å². The van der Waals surface area contributed by atoms with Crippen molar-refractivity contribution in [3.8, 4) is 5.75 Å². The van der Waals surface area contributed by atoms with Crippen molar-refractivity contribution in [2.24, 2.45) is 0 Å². The normalized spacial score (nSPS) is 20.6. The average Bonchev–Trinajstić information content (AvgIpc) is 2.68. The summed E-state index contributed by atoms with van der Waals surface area (Å²) in [6.07, 6.45) is 4.99. The zero-order valence-electron chi connectivity index (χ0n) is 9.81. The third kappa shape index (κ3) is 3.88. The molecular formula is C12H20N2O. The number of likely N-dealkylation sites (N-methyl/N-ethyl adjacent to an activating group) is 1. The fraction of sp³-hybridized carbons (Fsp3) is 0.583. The fourth-order valence-corrected chi connectivity index (χ4v) is 1.60. The fourth-order valence-electron chi connectivity index (χ4n) is 1.60. The van der Waals surface area contributed by atoms with Crippen LogP contribution in [-0.4, -0.2) is 36.1 Å². The predicted octanol–water partition coefficient (Wildman–Crippen LogP) is 2.19. The molecule has 0 spiro atoms. The molecule has 2 rings (SSSR count). The molecule has 1 aliphatic rings. The third-order valence-electron chi connectivity index (χ3n) is 2.30. The zero-order chi connectivity index (χ0) is 11.1. The first-order valence-corrected chi connectivity index (χ1v) is 5.60. The van der Waals surface area contributed by atoms with Gasteiger partial charge in [-0.2, -0.15) is 0 Å². The van der Waals surface area contributed by atoms with Crippen molar-refractivity contribution in [1.82, 2.24) is 9.88 Å². The molecule has 1 aromatic heterocycles. The van der Waals surface area contributed by atoms with Gasteiger partial charge < -0.3 is 9.64 Å². The summed E-state index contributed by atoms with van der Waals surface area (Å²) >= 11 is 0. The molecule has 1 atom stereocenters. The van der Waals surface area contributed by atoms with E-state index in [0.29, 0.717) is 6.10 Å². The second-order valence-corrected chi connectivity index (χ2v) is 3.47. The molecule has 3 heteroatoms. The first kappa shape index (κ1) is 12.0. The quantitative estimate of drug-likeness (QED) is 0.745. The van der Waals surface area contributed by atoms with Gasteiger partial charge in [0.05, 0.1) is 0 Å². The Balaban J connectivity index is 0.000000531. The van der Waals surface area contributed by atoms with Crippen LogP contribution in [0.25, 0.3) is 0 Å². The van der Waals surface area contributed by atoms with E-state index in [2.05, 4.69) is 16.9 Å². The van der Waals surface area contributed by atoms with Crippen LogP contribution in [0.2, 0.25) is 0 Å². The molecule has 2 heterocycles. The molecule has 0 radical (unpaired) electrons. The lowest BCUT2D eigenvalue weighted by molar-refractivity contribution is 0.208. The van der Waals surface area contributed by atoms with Crippen LogP contribution < -0.4 is 4.74 Å². The maximum Gasteiger partial charge on any atom is 0.122 e. The van der Waals surface area contributed by atoms with Gasteiger partial charge in [-0.3, -0.25) is 4.98 Å². The lowest BCUT2D eigenvalue weighted by atomic mass is 10.3. The van der Waals surface area contributed by atoms with Crippen molar-refractivity contribution in [3.63, 3.8) is 0 Å². The summed E-state index contributed by atoms with van der Waals surface area (Å²) in [5.74, 6) is 0.926. The van der Waals surface area contributed by atoms with Gasteiger partial charge in [-0.05, 0) is 25.6 Å². The van der Waals surface area contributed by atoms with Crippen molar-refractivity contribution >= 4 is 0 Å². The maximum absolute atomic E-state index is 5.76. The van der Waals surface area contributed by atoms with Gasteiger partial charge in [0, 0.05) is 25.5 Å². The summed E-state index contributed by atoms with van der Waals surface area (Å²) in [5, 5.41) is 0. The Kier molecular flexibility index (Phi) is 5.12. The summed E-state index contributed by atoms with van der Waals surface area (Å²) in [6, 6.07) is 3.80. The van der Waals surface area contributed by atoms with E-state index in [1.807, 2.05) is 26.0 Å². The topological polar surface area (TPSA) is 25.4 Å². The lowest BCUT2D eigenvalue weighted by Crippen LogP contribution is -2.21. The number of nitrogens with zero attached hydrogens (tertiary/aromatic N) is 2. The molecule has 0 aliphatic carbocycles. The standard InChI is InChI=1S/C10H14N2O.C2H6/c1-12-7-4-10(8-12)13-9-2-5-11-6-3-9;1-2/h2-3,5-6,10H,4,7-8H2,1H3;1-2H3. The van der Waals surface area contributed by atoms with Gasteiger partial charge in [-0.1, -0.05) is 13.8 Å². The molecule has 0 saturated carbocycles.